The third-order valence-electron chi connectivity index (χ3n) is 3.25. The second-order valence-electron chi connectivity index (χ2n) is 4.65. The molecule has 0 saturated heterocycles. The van der Waals surface area contributed by atoms with E-state index in [1.165, 1.54) is 12.8 Å². The van der Waals surface area contributed by atoms with E-state index in [4.69, 9.17) is 23.2 Å². The van der Waals surface area contributed by atoms with E-state index in [1.54, 1.807) is 6.07 Å². The van der Waals surface area contributed by atoms with E-state index in [2.05, 4.69) is 20.1 Å². The van der Waals surface area contributed by atoms with Gasteiger partial charge < -0.3 is 9.88 Å². The fourth-order valence-corrected chi connectivity index (χ4v) is 2.86. The Balaban J connectivity index is 1.74. The Bertz CT molecular complexity index is 574. The van der Waals surface area contributed by atoms with Gasteiger partial charge >= 0.3 is 0 Å². The first-order chi connectivity index (χ1) is 9.22. The van der Waals surface area contributed by atoms with Crippen LogP contribution in [0.25, 0.3) is 0 Å². The van der Waals surface area contributed by atoms with Crippen LogP contribution in [-0.4, -0.2) is 14.8 Å². The normalized spacial score (nSPS) is 14.2. The van der Waals surface area contributed by atoms with Crippen LogP contribution in [0.2, 0.25) is 10.0 Å². The zero-order valence-electron chi connectivity index (χ0n) is 10.4. The van der Waals surface area contributed by atoms with Gasteiger partial charge in [-0.1, -0.05) is 23.2 Å². The quantitative estimate of drug-likeness (QED) is 0.942. The molecule has 0 fully saturated rings. The highest BCUT2D eigenvalue weighted by Crippen LogP contribution is 2.23. The maximum absolute atomic E-state index is 5.97. The van der Waals surface area contributed by atoms with Crippen molar-refractivity contribution < 1.29 is 0 Å². The average molecular weight is 297 g/mol. The Labute approximate surface area is 121 Å². The van der Waals surface area contributed by atoms with Crippen LogP contribution in [0.5, 0.6) is 0 Å². The minimum Gasteiger partial charge on any atom is -0.378 e. The van der Waals surface area contributed by atoms with Crippen molar-refractivity contribution in [3.05, 3.63) is 39.9 Å². The minimum absolute atomic E-state index is 0.623. The third kappa shape index (κ3) is 2.85. The van der Waals surface area contributed by atoms with Crippen molar-refractivity contribution in [3.8, 4) is 0 Å². The van der Waals surface area contributed by atoms with Crippen molar-refractivity contribution in [2.24, 2.45) is 0 Å². The number of aromatic nitrogens is 3. The predicted molar refractivity (Wildman–Crippen MR) is 76.7 cm³/mol. The van der Waals surface area contributed by atoms with Crippen LogP contribution < -0.4 is 5.32 Å². The van der Waals surface area contributed by atoms with Gasteiger partial charge in [-0.05, 0) is 31.0 Å². The third-order valence-corrected chi connectivity index (χ3v) is 3.69. The number of halogens is 2. The van der Waals surface area contributed by atoms with Crippen LogP contribution in [-0.2, 0) is 19.5 Å². The molecule has 3 rings (SSSR count). The highest BCUT2D eigenvalue weighted by atomic mass is 35.5. The lowest BCUT2D eigenvalue weighted by molar-refractivity contribution is 0.510. The first kappa shape index (κ1) is 12.8. The van der Waals surface area contributed by atoms with Gasteiger partial charge in [-0.3, -0.25) is 0 Å². The highest BCUT2D eigenvalue weighted by molar-refractivity contribution is 6.35. The molecule has 0 unspecified atom stereocenters. The predicted octanol–water partition coefficient (Wildman–Crippen LogP) is 3.53. The van der Waals surface area contributed by atoms with E-state index in [1.807, 2.05) is 12.1 Å². The summed E-state index contributed by atoms with van der Waals surface area (Å²) in [4.78, 5) is 0. The highest BCUT2D eigenvalue weighted by Gasteiger charge is 2.15. The fourth-order valence-electron chi connectivity index (χ4n) is 2.34. The molecule has 100 valence electrons. The molecule has 4 nitrogen and oxygen atoms in total. The number of aryl methyl sites for hydroxylation is 1. The SMILES string of the molecule is Clc1cc(Cl)cc(NCc2nnc3n2CCCC3)c1. The molecular weight excluding hydrogens is 283 g/mol. The second-order valence-corrected chi connectivity index (χ2v) is 5.53. The van der Waals surface area contributed by atoms with Crippen molar-refractivity contribution in [2.45, 2.75) is 32.4 Å². The molecule has 1 N–H and O–H groups in total. The molecule has 0 aliphatic carbocycles. The number of rotatable bonds is 3. The summed E-state index contributed by atoms with van der Waals surface area (Å²) in [5, 5.41) is 13.0. The summed E-state index contributed by atoms with van der Waals surface area (Å²) in [6, 6.07) is 5.41. The van der Waals surface area contributed by atoms with Crippen molar-refractivity contribution >= 4 is 28.9 Å². The Kier molecular flexibility index (Phi) is 3.62. The molecule has 1 aliphatic rings. The minimum atomic E-state index is 0.623. The molecule has 1 aromatic heterocycles. The summed E-state index contributed by atoms with van der Waals surface area (Å²) in [7, 11) is 0. The number of fused-ring (bicyclic) bond motifs is 1. The van der Waals surface area contributed by atoms with Gasteiger partial charge in [0.15, 0.2) is 5.82 Å². The number of benzene rings is 1. The molecule has 6 heteroatoms. The molecule has 19 heavy (non-hydrogen) atoms. The van der Waals surface area contributed by atoms with E-state index in [9.17, 15) is 0 Å². The van der Waals surface area contributed by atoms with Crippen LogP contribution in [0.1, 0.15) is 24.5 Å². The van der Waals surface area contributed by atoms with Gasteiger partial charge in [0.1, 0.15) is 5.82 Å². The lowest BCUT2D eigenvalue weighted by Gasteiger charge is -2.15. The molecule has 0 atom stereocenters. The zero-order valence-corrected chi connectivity index (χ0v) is 11.9. The van der Waals surface area contributed by atoms with Crippen molar-refractivity contribution in [1.29, 1.82) is 0 Å². The topological polar surface area (TPSA) is 42.7 Å². The first-order valence-electron chi connectivity index (χ1n) is 6.33. The second kappa shape index (κ2) is 5.39. The number of hydrogen-bond acceptors (Lipinski definition) is 3. The Morgan fingerprint density at radius 3 is 2.68 bits per heavy atom. The molecule has 2 aromatic rings. The molecular formula is C13H14Cl2N4. The van der Waals surface area contributed by atoms with Crippen LogP contribution in [0.3, 0.4) is 0 Å². The summed E-state index contributed by atoms with van der Waals surface area (Å²) in [5.74, 6) is 2.05. The Morgan fingerprint density at radius 1 is 1.11 bits per heavy atom. The monoisotopic (exact) mass is 296 g/mol. The van der Waals surface area contributed by atoms with Gasteiger partial charge in [-0.15, -0.1) is 10.2 Å². The molecule has 0 bridgehead atoms. The Hall–Kier alpha value is -1.26. The Morgan fingerprint density at radius 2 is 1.89 bits per heavy atom. The van der Waals surface area contributed by atoms with Crippen molar-refractivity contribution in [1.82, 2.24) is 14.8 Å². The summed E-state index contributed by atoms with van der Waals surface area (Å²) in [6.45, 7) is 1.64. The first-order valence-corrected chi connectivity index (χ1v) is 7.09. The van der Waals surface area contributed by atoms with Crippen molar-refractivity contribution in [3.63, 3.8) is 0 Å². The lowest BCUT2D eigenvalue weighted by atomic mass is 10.2. The standard InChI is InChI=1S/C13H14Cl2N4/c14-9-5-10(15)7-11(6-9)16-8-13-18-17-12-3-1-2-4-19(12)13/h5-7,16H,1-4,8H2. The number of hydrogen-bond donors (Lipinski definition) is 1. The summed E-state index contributed by atoms with van der Waals surface area (Å²) < 4.78 is 2.20. The van der Waals surface area contributed by atoms with Crippen LogP contribution in [0.4, 0.5) is 5.69 Å². The van der Waals surface area contributed by atoms with Crippen LogP contribution >= 0.6 is 23.2 Å². The molecule has 0 saturated carbocycles. The van der Waals surface area contributed by atoms with E-state index in [0.717, 1.165) is 30.3 Å². The molecule has 2 heterocycles. The maximum atomic E-state index is 5.97. The van der Waals surface area contributed by atoms with Gasteiger partial charge in [0, 0.05) is 28.7 Å². The lowest BCUT2D eigenvalue weighted by Crippen LogP contribution is -2.15. The number of nitrogens with one attached hydrogen (secondary N) is 1. The van der Waals surface area contributed by atoms with Gasteiger partial charge in [0.05, 0.1) is 6.54 Å². The van der Waals surface area contributed by atoms with E-state index in [-0.39, 0.29) is 0 Å². The molecule has 1 aromatic carbocycles. The van der Waals surface area contributed by atoms with Crippen LogP contribution in [0, 0.1) is 0 Å². The summed E-state index contributed by atoms with van der Waals surface area (Å²) in [5.41, 5.74) is 0.894. The number of anilines is 1. The van der Waals surface area contributed by atoms with E-state index < -0.39 is 0 Å². The van der Waals surface area contributed by atoms with Gasteiger partial charge in [0.2, 0.25) is 0 Å². The van der Waals surface area contributed by atoms with E-state index >= 15 is 0 Å². The van der Waals surface area contributed by atoms with E-state index in [0.29, 0.717) is 16.6 Å². The van der Waals surface area contributed by atoms with Crippen molar-refractivity contribution in [2.75, 3.05) is 5.32 Å². The summed E-state index contributed by atoms with van der Waals surface area (Å²) >= 11 is 11.9. The van der Waals surface area contributed by atoms with Gasteiger partial charge in [0.25, 0.3) is 0 Å². The average Bonchev–Trinajstić information content (AvgIpc) is 2.78. The molecule has 0 amide bonds. The van der Waals surface area contributed by atoms with Gasteiger partial charge in [-0.2, -0.15) is 0 Å². The van der Waals surface area contributed by atoms with Crippen LogP contribution in [0.15, 0.2) is 18.2 Å². The van der Waals surface area contributed by atoms with Gasteiger partial charge in [-0.25, -0.2) is 0 Å². The molecule has 1 aliphatic heterocycles. The number of nitrogens with zero attached hydrogens (tertiary/aromatic N) is 3. The summed E-state index contributed by atoms with van der Waals surface area (Å²) in [6.07, 6.45) is 3.42. The molecule has 0 spiro atoms. The zero-order chi connectivity index (χ0) is 13.2. The fraction of sp³-hybridized carbons (Fsp3) is 0.385. The molecule has 0 radical (unpaired) electrons. The largest absolute Gasteiger partial charge is 0.378 e. The maximum Gasteiger partial charge on any atom is 0.152 e. The smallest absolute Gasteiger partial charge is 0.152 e.